The van der Waals surface area contributed by atoms with Gasteiger partial charge in [-0.25, -0.2) is 4.39 Å². The quantitative estimate of drug-likeness (QED) is 0.905. The van der Waals surface area contributed by atoms with E-state index in [4.69, 9.17) is 33.7 Å². The minimum Gasteiger partial charge on any atom is -0.495 e. The molecule has 0 fully saturated rings. The Morgan fingerprint density at radius 2 is 1.80 bits per heavy atom. The van der Waals surface area contributed by atoms with E-state index in [-0.39, 0.29) is 5.82 Å². The van der Waals surface area contributed by atoms with E-state index in [9.17, 15) is 4.39 Å². The van der Waals surface area contributed by atoms with Crippen LogP contribution in [0, 0.1) is 12.7 Å². The van der Waals surface area contributed by atoms with Crippen molar-refractivity contribution < 1.29 is 9.13 Å². The third-order valence-electron chi connectivity index (χ3n) is 3.17. The lowest BCUT2D eigenvalue weighted by Gasteiger charge is -2.18. The lowest BCUT2D eigenvalue weighted by molar-refractivity contribution is 0.415. The zero-order valence-corrected chi connectivity index (χ0v) is 12.6. The van der Waals surface area contributed by atoms with Crippen LogP contribution < -0.4 is 10.5 Å². The van der Waals surface area contributed by atoms with Gasteiger partial charge in [0.25, 0.3) is 0 Å². The van der Waals surface area contributed by atoms with E-state index in [1.165, 1.54) is 19.2 Å². The van der Waals surface area contributed by atoms with E-state index in [0.29, 0.717) is 21.4 Å². The Bertz CT molecular complexity index is 646. The van der Waals surface area contributed by atoms with Crippen LogP contribution in [-0.2, 0) is 0 Å². The van der Waals surface area contributed by atoms with Crippen LogP contribution in [0.3, 0.4) is 0 Å². The molecule has 0 aliphatic rings. The van der Waals surface area contributed by atoms with E-state index in [2.05, 4.69) is 0 Å². The van der Waals surface area contributed by atoms with Crippen LogP contribution in [0.5, 0.6) is 5.75 Å². The second-order valence-corrected chi connectivity index (χ2v) is 5.30. The largest absolute Gasteiger partial charge is 0.495 e. The molecule has 106 valence electrons. The average molecular weight is 314 g/mol. The summed E-state index contributed by atoms with van der Waals surface area (Å²) in [5.74, 6) is 0.195. The fourth-order valence-corrected chi connectivity index (χ4v) is 2.61. The highest BCUT2D eigenvalue weighted by Crippen LogP contribution is 2.36. The van der Waals surface area contributed by atoms with Crippen molar-refractivity contribution in [3.63, 3.8) is 0 Å². The van der Waals surface area contributed by atoms with Gasteiger partial charge in [0.1, 0.15) is 11.6 Å². The van der Waals surface area contributed by atoms with Crippen molar-refractivity contribution in [3.8, 4) is 5.75 Å². The second-order valence-electron chi connectivity index (χ2n) is 4.49. The highest BCUT2D eigenvalue weighted by molar-refractivity contribution is 6.34. The molecule has 0 saturated heterocycles. The topological polar surface area (TPSA) is 35.2 Å². The summed E-state index contributed by atoms with van der Waals surface area (Å²) in [6.07, 6.45) is 0. The summed E-state index contributed by atoms with van der Waals surface area (Å²) in [6, 6.07) is 7.29. The fraction of sp³-hybridized carbons (Fsp3) is 0.200. The van der Waals surface area contributed by atoms with Crippen LogP contribution in [0.15, 0.2) is 30.3 Å². The number of rotatable bonds is 3. The van der Waals surface area contributed by atoms with Crippen molar-refractivity contribution >= 4 is 23.2 Å². The lowest BCUT2D eigenvalue weighted by Crippen LogP contribution is -2.14. The molecule has 2 nitrogen and oxygen atoms in total. The van der Waals surface area contributed by atoms with Gasteiger partial charge in [-0.3, -0.25) is 0 Å². The molecule has 1 atom stereocenters. The van der Waals surface area contributed by atoms with Crippen molar-refractivity contribution in [2.24, 2.45) is 5.73 Å². The van der Waals surface area contributed by atoms with Crippen molar-refractivity contribution in [1.82, 2.24) is 0 Å². The first-order valence-electron chi connectivity index (χ1n) is 5.98. The molecule has 20 heavy (non-hydrogen) atoms. The summed E-state index contributed by atoms with van der Waals surface area (Å²) in [5, 5.41) is 0.893. The van der Waals surface area contributed by atoms with Crippen LogP contribution >= 0.6 is 23.2 Å². The predicted octanol–water partition coefficient (Wildman–Crippen LogP) is 4.50. The van der Waals surface area contributed by atoms with Crippen molar-refractivity contribution in [2.45, 2.75) is 13.0 Å². The first-order valence-corrected chi connectivity index (χ1v) is 6.74. The SMILES string of the molecule is COc1cc(Cl)c(C(N)c2ccc(F)cc2C)cc1Cl. The number of halogens is 3. The normalized spacial score (nSPS) is 12.3. The van der Waals surface area contributed by atoms with Gasteiger partial charge in [0, 0.05) is 11.1 Å². The molecule has 0 aromatic heterocycles. The number of benzene rings is 2. The summed E-state index contributed by atoms with van der Waals surface area (Å²) in [6.45, 7) is 1.80. The second kappa shape index (κ2) is 6.00. The molecule has 2 N–H and O–H groups in total. The highest BCUT2D eigenvalue weighted by Gasteiger charge is 2.17. The molecule has 0 bridgehead atoms. The van der Waals surface area contributed by atoms with E-state index in [1.54, 1.807) is 25.1 Å². The zero-order valence-electron chi connectivity index (χ0n) is 11.1. The molecule has 0 saturated carbocycles. The Morgan fingerprint density at radius 3 is 2.40 bits per heavy atom. The van der Waals surface area contributed by atoms with Gasteiger partial charge in [0.2, 0.25) is 0 Å². The smallest absolute Gasteiger partial charge is 0.138 e. The van der Waals surface area contributed by atoms with E-state index >= 15 is 0 Å². The molecule has 0 radical (unpaired) electrons. The summed E-state index contributed by atoms with van der Waals surface area (Å²) in [7, 11) is 1.52. The minimum absolute atomic E-state index is 0.294. The predicted molar refractivity (Wildman–Crippen MR) is 80.2 cm³/mol. The van der Waals surface area contributed by atoms with Crippen LogP contribution in [-0.4, -0.2) is 7.11 Å². The molecule has 2 aromatic carbocycles. The van der Waals surface area contributed by atoms with Gasteiger partial charge in [0.05, 0.1) is 18.2 Å². The van der Waals surface area contributed by atoms with Gasteiger partial charge < -0.3 is 10.5 Å². The highest BCUT2D eigenvalue weighted by atomic mass is 35.5. The number of aryl methyl sites for hydroxylation is 1. The third kappa shape index (κ3) is 2.90. The monoisotopic (exact) mass is 313 g/mol. The van der Waals surface area contributed by atoms with Crippen molar-refractivity contribution in [2.75, 3.05) is 7.11 Å². The minimum atomic E-state index is -0.480. The van der Waals surface area contributed by atoms with Gasteiger partial charge in [-0.05, 0) is 41.8 Å². The van der Waals surface area contributed by atoms with E-state index in [0.717, 1.165) is 11.1 Å². The average Bonchev–Trinajstić information content (AvgIpc) is 2.40. The number of ether oxygens (including phenoxy) is 1. The molecule has 0 amide bonds. The van der Waals surface area contributed by atoms with Gasteiger partial charge in [0.15, 0.2) is 0 Å². The molecule has 0 heterocycles. The standard InChI is InChI=1S/C15H14Cl2FNO/c1-8-5-9(18)3-4-10(8)15(19)11-6-13(17)14(20-2)7-12(11)16/h3-7,15H,19H2,1-2H3. The molecule has 0 aliphatic heterocycles. The van der Waals surface area contributed by atoms with E-state index < -0.39 is 6.04 Å². The van der Waals surface area contributed by atoms with Gasteiger partial charge >= 0.3 is 0 Å². The summed E-state index contributed by atoms with van der Waals surface area (Å²) in [4.78, 5) is 0. The fourth-order valence-electron chi connectivity index (χ4n) is 2.09. The Labute approximate surface area is 127 Å². The Hall–Kier alpha value is -1.29. The molecule has 0 aliphatic carbocycles. The third-order valence-corrected chi connectivity index (χ3v) is 3.80. The van der Waals surface area contributed by atoms with Crippen LogP contribution in [0.4, 0.5) is 4.39 Å². The number of hydrogen-bond donors (Lipinski definition) is 1. The van der Waals surface area contributed by atoms with Gasteiger partial charge in [-0.2, -0.15) is 0 Å². The van der Waals surface area contributed by atoms with E-state index in [1.807, 2.05) is 0 Å². The molecule has 5 heteroatoms. The number of hydrogen-bond acceptors (Lipinski definition) is 2. The first kappa shape index (κ1) is 15.1. The molecular weight excluding hydrogens is 300 g/mol. The Kier molecular flexibility index (Phi) is 4.53. The van der Waals surface area contributed by atoms with Crippen molar-refractivity contribution in [3.05, 3.63) is 62.9 Å². The lowest BCUT2D eigenvalue weighted by atomic mass is 9.95. The molecule has 2 rings (SSSR count). The van der Waals surface area contributed by atoms with Crippen molar-refractivity contribution in [1.29, 1.82) is 0 Å². The van der Waals surface area contributed by atoms with Crippen LogP contribution in [0.25, 0.3) is 0 Å². The van der Waals surface area contributed by atoms with Crippen LogP contribution in [0.2, 0.25) is 10.0 Å². The number of nitrogens with two attached hydrogens (primary N) is 1. The maximum atomic E-state index is 13.2. The summed E-state index contributed by atoms with van der Waals surface area (Å²) >= 11 is 12.3. The maximum Gasteiger partial charge on any atom is 0.138 e. The Morgan fingerprint density at radius 1 is 1.10 bits per heavy atom. The molecular formula is C15H14Cl2FNO. The van der Waals surface area contributed by atoms with Crippen LogP contribution in [0.1, 0.15) is 22.7 Å². The number of methoxy groups -OCH3 is 1. The molecule has 2 aromatic rings. The first-order chi connectivity index (χ1) is 9.43. The van der Waals surface area contributed by atoms with Gasteiger partial charge in [-0.1, -0.05) is 29.3 Å². The Balaban J connectivity index is 2.48. The summed E-state index contributed by atoms with van der Waals surface area (Å²) in [5.41, 5.74) is 8.46. The maximum absolute atomic E-state index is 13.2. The van der Waals surface area contributed by atoms with Gasteiger partial charge in [-0.15, -0.1) is 0 Å². The molecule has 1 unspecified atom stereocenters. The molecule has 0 spiro atoms. The zero-order chi connectivity index (χ0) is 14.9. The summed E-state index contributed by atoms with van der Waals surface area (Å²) < 4.78 is 18.2.